The van der Waals surface area contributed by atoms with Gasteiger partial charge in [0.15, 0.2) is 9.60 Å². The number of nitrogens with one attached hydrogen (secondary N) is 1. The Morgan fingerprint density at radius 1 is 0.821 bits per heavy atom. The van der Waals surface area contributed by atoms with Crippen molar-refractivity contribution < 1.29 is 19.7 Å². The summed E-state index contributed by atoms with van der Waals surface area (Å²) in [5.41, 5.74) is 7.42. The van der Waals surface area contributed by atoms with Crippen LogP contribution in [0, 0.1) is 0 Å². The number of methoxy groups -OCH3 is 2. The number of rotatable bonds is 4. The minimum absolute atomic E-state index is 0.0590. The molecule has 2 heterocycles. The van der Waals surface area contributed by atoms with E-state index in [1.807, 2.05) is 36.4 Å². The van der Waals surface area contributed by atoms with Crippen LogP contribution in [0.1, 0.15) is 51.4 Å². The van der Waals surface area contributed by atoms with Crippen molar-refractivity contribution in [2.45, 2.75) is 75.7 Å². The molecule has 0 aliphatic heterocycles. The molecular formula is C28H37ClN4O4S2. The van der Waals surface area contributed by atoms with Crippen LogP contribution in [0.25, 0.3) is 20.4 Å². The maximum Gasteiger partial charge on any atom is 0.184 e. The number of anilines is 1. The first kappa shape index (κ1) is 29.8. The Morgan fingerprint density at radius 3 is 1.95 bits per heavy atom. The zero-order chi connectivity index (χ0) is 27.8. The maximum atomic E-state index is 9.98. The lowest BCUT2D eigenvalue weighted by Crippen LogP contribution is -2.37. The molecule has 0 radical (unpaired) electrons. The number of hydrogen-bond donors (Lipinski definition) is 4. The Balaban J connectivity index is 0.000000150. The molecule has 2 aromatic carbocycles. The second-order valence-corrected chi connectivity index (χ2v) is 12.4. The van der Waals surface area contributed by atoms with Crippen LogP contribution < -0.4 is 20.5 Å². The van der Waals surface area contributed by atoms with Gasteiger partial charge >= 0.3 is 0 Å². The Bertz CT molecular complexity index is 1320. The normalized spacial score (nSPS) is 22.8. The van der Waals surface area contributed by atoms with Gasteiger partial charge in [-0.15, -0.1) is 11.3 Å². The summed E-state index contributed by atoms with van der Waals surface area (Å²) in [6.45, 7) is 0. The summed E-state index contributed by atoms with van der Waals surface area (Å²) in [6.07, 6.45) is 7.97. The number of benzene rings is 2. The number of thiazole rings is 2. The number of aliphatic hydroxyl groups excluding tert-OH is 2. The highest BCUT2D eigenvalue weighted by atomic mass is 35.5. The van der Waals surface area contributed by atoms with E-state index in [2.05, 4.69) is 15.3 Å². The van der Waals surface area contributed by atoms with Crippen molar-refractivity contribution in [3.05, 3.63) is 40.9 Å². The Morgan fingerprint density at radius 2 is 1.38 bits per heavy atom. The number of nitrogens with zero attached hydrogens (tertiary/aromatic N) is 2. The van der Waals surface area contributed by atoms with Crippen molar-refractivity contribution in [1.82, 2.24) is 9.97 Å². The summed E-state index contributed by atoms with van der Waals surface area (Å²) in [4.78, 5) is 8.67. The number of fused-ring (bicyclic) bond motifs is 2. The van der Waals surface area contributed by atoms with Gasteiger partial charge in [-0.1, -0.05) is 48.6 Å². The molecule has 2 saturated carbocycles. The second-order valence-electron chi connectivity index (χ2n) is 9.77. The van der Waals surface area contributed by atoms with Gasteiger partial charge in [-0.2, -0.15) is 0 Å². The van der Waals surface area contributed by atoms with Crippen LogP contribution in [-0.4, -0.2) is 58.7 Å². The predicted molar refractivity (Wildman–Crippen MR) is 162 cm³/mol. The van der Waals surface area contributed by atoms with E-state index in [9.17, 15) is 5.11 Å². The summed E-state index contributed by atoms with van der Waals surface area (Å²) in [6, 6.07) is 11.8. The molecule has 0 spiro atoms. The van der Waals surface area contributed by atoms with Gasteiger partial charge in [-0.25, -0.2) is 9.97 Å². The zero-order valence-electron chi connectivity index (χ0n) is 22.3. The summed E-state index contributed by atoms with van der Waals surface area (Å²) in [5.74, 6) is 1.68. The molecule has 4 aromatic rings. The van der Waals surface area contributed by atoms with Crippen molar-refractivity contribution >= 4 is 59.8 Å². The van der Waals surface area contributed by atoms with Gasteiger partial charge in [0.05, 0.1) is 52.9 Å². The SMILES string of the molecule is COc1ccc2nc(Cl)sc2c1.COc1ccc2nc(N[C@@H]3CCCC[C@H]3O)sc2c1.N[C@@H]1CCCC[C@H]1O. The lowest BCUT2D eigenvalue weighted by molar-refractivity contribution is 0.108. The standard InChI is InChI=1S/C14H18N2O2S.C8H6ClNOS.C6H13NO/c1-18-9-6-7-11-13(8-9)19-14(16-11)15-10-4-2-3-5-12(10)17;1-11-5-2-3-6-7(4-5)12-8(9)10-6;7-5-3-1-2-4-6(5)8/h6-8,10,12,17H,2-5H2,1H3,(H,15,16);2-4H,1H3;5-6,8H,1-4,7H2/t10-,12-;;5-,6-/m1.1/s1. The van der Waals surface area contributed by atoms with E-state index in [1.54, 1.807) is 25.6 Å². The van der Waals surface area contributed by atoms with Crippen molar-refractivity contribution in [3.63, 3.8) is 0 Å². The Labute approximate surface area is 242 Å². The van der Waals surface area contributed by atoms with Crippen molar-refractivity contribution in [2.24, 2.45) is 5.73 Å². The molecule has 2 aromatic heterocycles. The lowest BCUT2D eigenvalue weighted by Gasteiger charge is -2.27. The number of aliphatic hydroxyl groups is 2. The fraction of sp³-hybridized carbons (Fsp3) is 0.500. The van der Waals surface area contributed by atoms with Crippen molar-refractivity contribution in [2.75, 3.05) is 19.5 Å². The number of hydrogen-bond acceptors (Lipinski definition) is 10. The Hall–Kier alpha value is -2.21. The van der Waals surface area contributed by atoms with Crippen LogP contribution in [0.2, 0.25) is 4.47 Å². The van der Waals surface area contributed by atoms with Gasteiger partial charge in [-0.05, 0) is 62.1 Å². The molecule has 2 fully saturated rings. The monoisotopic (exact) mass is 592 g/mol. The molecule has 11 heteroatoms. The molecule has 5 N–H and O–H groups in total. The van der Waals surface area contributed by atoms with Crippen LogP contribution in [0.15, 0.2) is 36.4 Å². The molecule has 0 bridgehead atoms. The molecule has 8 nitrogen and oxygen atoms in total. The van der Waals surface area contributed by atoms with Crippen LogP contribution >= 0.6 is 34.3 Å². The number of nitrogens with two attached hydrogens (primary N) is 1. The van der Waals surface area contributed by atoms with Crippen molar-refractivity contribution in [1.29, 1.82) is 0 Å². The molecule has 6 rings (SSSR count). The summed E-state index contributed by atoms with van der Waals surface area (Å²) in [5, 5.41) is 23.3. The average molecular weight is 593 g/mol. The van der Waals surface area contributed by atoms with Crippen LogP contribution in [0.4, 0.5) is 5.13 Å². The molecule has 39 heavy (non-hydrogen) atoms. The van der Waals surface area contributed by atoms with Gasteiger partial charge in [0.2, 0.25) is 0 Å². The van der Waals surface area contributed by atoms with Crippen LogP contribution in [0.3, 0.4) is 0 Å². The third-order valence-corrected chi connectivity index (χ3v) is 9.06. The lowest BCUT2D eigenvalue weighted by atomic mass is 9.93. The van der Waals surface area contributed by atoms with E-state index in [4.69, 9.17) is 31.9 Å². The van der Waals surface area contributed by atoms with E-state index in [0.29, 0.717) is 4.47 Å². The van der Waals surface area contributed by atoms with E-state index in [0.717, 1.165) is 75.6 Å². The first-order valence-electron chi connectivity index (χ1n) is 13.3. The smallest absolute Gasteiger partial charge is 0.184 e. The number of ether oxygens (including phenoxy) is 2. The van der Waals surface area contributed by atoms with Crippen LogP contribution in [-0.2, 0) is 0 Å². The first-order chi connectivity index (χ1) is 18.9. The number of aromatic nitrogens is 2. The van der Waals surface area contributed by atoms with E-state index >= 15 is 0 Å². The van der Waals surface area contributed by atoms with E-state index in [1.165, 1.54) is 24.2 Å². The molecule has 4 atom stereocenters. The zero-order valence-corrected chi connectivity index (χ0v) is 24.7. The highest BCUT2D eigenvalue weighted by Crippen LogP contribution is 2.31. The largest absolute Gasteiger partial charge is 0.497 e. The number of halogens is 1. The Kier molecular flexibility index (Phi) is 11.0. The van der Waals surface area contributed by atoms with E-state index < -0.39 is 0 Å². The predicted octanol–water partition coefficient (Wildman–Crippen LogP) is 6.23. The molecular weight excluding hydrogens is 556 g/mol. The van der Waals surface area contributed by atoms with Crippen LogP contribution in [0.5, 0.6) is 11.5 Å². The average Bonchev–Trinajstić information content (AvgIpc) is 3.53. The summed E-state index contributed by atoms with van der Waals surface area (Å²) in [7, 11) is 3.31. The summed E-state index contributed by atoms with van der Waals surface area (Å²) >= 11 is 8.81. The minimum atomic E-state index is -0.254. The minimum Gasteiger partial charge on any atom is -0.497 e. The molecule has 2 aliphatic carbocycles. The van der Waals surface area contributed by atoms with Gasteiger partial charge < -0.3 is 30.7 Å². The quantitative estimate of drug-likeness (QED) is 0.220. The van der Waals surface area contributed by atoms with E-state index in [-0.39, 0.29) is 24.3 Å². The van der Waals surface area contributed by atoms with Gasteiger partial charge in [0.25, 0.3) is 0 Å². The maximum absolute atomic E-state index is 9.98. The van der Waals surface area contributed by atoms with Gasteiger partial charge in [0, 0.05) is 6.04 Å². The molecule has 212 valence electrons. The fourth-order valence-corrected chi connectivity index (χ4v) is 6.69. The van der Waals surface area contributed by atoms with Crippen molar-refractivity contribution in [3.8, 4) is 11.5 Å². The third-order valence-electron chi connectivity index (χ3n) is 6.99. The molecule has 2 aliphatic rings. The topological polar surface area (TPSA) is 123 Å². The molecule has 0 amide bonds. The van der Waals surface area contributed by atoms with Gasteiger partial charge in [-0.3, -0.25) is 0 Å². The highest BCUT2D eigenvalue weighted by molar-refractivity contribution is 7.22. The molecule has 0 unspecified atom stereocenters. The summed E-state index contributed by atoms with van der Waals surface area (Å²) < 4.78 is 13.0. The second kappa shape index (κ2) is 14.4. The highest BCUT2D eigenvalue weighted by Gasteiger charge is 2.23. The third kappa shape index (κ3) is 8.39. The fourth-order valence-electron chi connectivity index (χ4n) is 4.68. The molecule has 0 saturated heterocycles. The van der Waals surface area contributed by atoms with Gasteiger partial charge in [0.1, 0.15) is 11.5 Å². The first-order valence-corrected chi connectivity index (χ1v) is 15.3.